The summed E-state index contributed by atoms with van der Waals surface area (Å²) in [4.78, 5) is 22.5. The Morgan fingerprint density at radius 2 is 1.96 bits per heavy atom. The molecule has 0 amide bonds. The van der Waals surface area contributed by atoms with Gasteiger partial charge >= 0.3 is 5.69 Å². The van der Waals surface area contributed by atoms with E-state index in [9.17, 15) is 4.79 Å². The normalized spacial score (nSPS) is 28.0. The number of nitrogens with zero attached hydrogens (tertiary/aromatic N) is 3. The number of piperidine rings is 1. The van der Waals surface area contributed by atoms with Crippen LogP contribution in [0.3, 0.4) is 0 Å². The van der Waals surface area contributed by atoms with E-state index in [1.807, 2.05) is 17.6 Å². The van der Waals surface area contributed by atoms with Crippen molar-refractivity contribution >= 4 is 11.0 Å². The highest BCUT2D eigenvalue weighted by molar-refractivity contribution is 5.74. The topological polar surface area (TPSA) is 63.1 Å². The molecule has 2 aliphatic rings. The Balaban J connectivity index is 1.45. The zero-order valence-electron chi connectivity index (χ0n) is 16.8. The van der Waals surface area contributed by atoms with Crippen molar-refractivity contribution in [1.29, 1.82) is 0 Å². The van der Waals surface area contributed by atoms with Gasteiger partial charge in [-0.3, -0.25) is 14.5 Å². The second-order valence-corrected chi connectivity index (χ2v) is 8.51. The number of imidazole rings is 1. The number of fused-ring (bicyclic) bond motifs is 1. The maximum absolute atomic E-state index is 12.5. The first kappa shape index (κ1) is 18.7. The van der Waals surface area contributed by atoms with Crippen LogP contribution in [0.4, 0.5) is 0 Å². The standard InChI is InChI=1S/C21H32N4O2/c1-4-27-17-5-9-21(3,10-6-17)24-11-7-16(8-12-24)25-19-13-15(2)22-14-18(19)23-20(25)26/h13-14,16-17H,4-12H2,1-3H3,(H,23,26). The van der Waals surface area contributed by atoms with Crippen LogP contribution in [-0.2, 0) is 4.74 Å². The molecule has 1 N–H and O–H groups in total. The van der Waals surface area contributed by atoms with Gasteiger partial charge in [0.1, 0.15) is 0 Å². The Labute approximate surface area is 160 Å². The van der Waals surface area contributed by atoms with Crippen molar-refractivity contribution in [2.75, 3.05) is 19.7 Å². The second kappa shape index (κ2) is 7.40. The molecule has 1 saturated heterocycles. The van der Waals surface area contributed by atoms with Crippen LogP contribution < -0.4 is 5.69 Å². The Morgan fingerprint density at radius 3 is 2.63 bits per heavy atom. The van der Waals surface area contributed by atoms with Crippen molar-refractivity contribution in [2.45, 2.75) is 77.0 Å². The summed E-state index contributed by atoms with van der Waals surface area (Å²) >= 11 is 0. The maximum atomic E-state index is 12.5. The molecule has 0 atom stereocenters. The number of H-pyrrole nitrogens is 1. The Bertz CT molecular complexity index is 839. The molecule has 4 rings (SSSR count). The average Bonchev–Trinajstić information content (AvgIpc) is 2.99. The molecule has 0 aromatic carbocycles. The van der Waals surface area contributed by atoms with Gasteiger partial charge in [0.2, 0.25) is 0 Å². The molecule has 1 aliphatic heterocycles. The third-order valence-corrected chi connectivity index (χ3v) is 6.74. The fraction of sp³-hybridized carbons (Fsp3) is 0.714. The summed E-state index contributed by atoms with van der Waals surface area (Å²) < 4.78 is 7.80. The fourth-order valence-electron chi connectivity index (χ4n) is 5.08. The van der Waals surface area contributed by atoms with Crippen LogP contribution in [0.5, 0.6) is 0 Å². The SMILES string of the molecule is CCOC1CCC(C)(N2CCC(n3c(=O)[nH]c4cnc(C)cc43)CC2)CC1. The zero-order valence-corrected chi connectivity index (χ0v) is 16.8. The first-order valence-corrected chi connectivity index (χ1v) is 10.4. The van der Waals surface area contributed by atoms with E-state index >= 15 is 0 Å². The summed E-state index contributed by atoms with van der Waals surface area (Å²) in [6.45, 7) is 9.42. The highest BCUT2D eigenvalue weighted by atomic mass is 16.5. The van der Waals surface area contributed by atoms with Crippen molar-refractivity contribution in [2.24, 2.45) is 0 Å². The lowest BCUT2D eigenvalue weighted by Gasteiger charge is -2.48. The van der Waals surface area contributed by atoms with Crippen molar-refractivity contribution in [3.63, 3.8) is 0 Å². The monoisotopic (exact) mass is 372 g/mol. The molecule has 0 spiro atoms. The van der Waals surface area contributed by atoms with Crippen molar-refractivity contribution in [3.05, 3.63) is 28.4 Å². The Kier molecular flexibility index (Phi) is 5.12. The first-order valence-electron chi connectivity index (χ1n) is 10.4. The van der Waals surface area contributed by atoms with Gasteiger partial charge in [0.25, 0.3) is 0 Å². The average molecular weight is 373 g/mol. The van der Waals surface area contributed by atoms with E-state index in [1.54, 1.807) is 6.20 Å². The summed E-state index contributed by atoms with van der Waals surface area (Å²) in [5, 5.41) is 0. The summed E-state index contributed by atoms with van der Waals surface area (Å²) in [5.41, 5.74) is 3.07. The van der Waals surface area contributed by atoms with Gasteiger partial charge in [0, 0.05) is 37.0 Å². The van der Waals surface area contributed by atoms with Crippen LogP contribution in [-0.4, -0.2) is 50.8 Å². The second-order valence-electron chi connectivity index (χ2n) is 8.51. The largest absolute Gasteiger partial charge is 0.379 e. The number of rotatable bonds is 4. The molecular formula is C21H32N4O2. The third-order valence-electron chi connectivity index (χ3n) is 6.74. The summed E-state index contributed by atoms with van der Waals surface area (Å²) in [6.07, 6.45) is 9.02. The van der Waals surface area contributed by atoms with Crippen molar-refractivity contribution in [3.8, 4) is 0 Å². The van der Waals surface area contributed by atoms with Gasteiger partial charge in [-0.2, -0.15) is 0 Å². The van der Waals surface area contributed by atoms with Crippen LogP contribution in [0, 0.1) is 6.92 Å². The molecule has 27 heavy (non-hydrogen) atoms. The highest BCUT2D eigenvalue weighted by Gasteiger charge is 2.38. The highest BCUT2D eigenvalue weighted by Crippen LogP contribution is 2.37. The molecule has 3 heterocycles. The van der Waals surface area contributed by atoms with E-state index in [-0.39, 0.29) is 17.3 Å². The predicted octanol–water partition coefficient (Wildman–Crippen LogP) is 3.41. The Morgan fingerprint density at radius 1 is 1.26 bits per heavy atom. The van der Waals surface area contributed by atoms with Crippen LogP contribution in [0.2, 0.25) is 0 Å². The van der Waals surface area contributed by atoms with Gasteiger partial charge in [-0.1, -0.05) is 0 Å². The van der Waals surface area contributed by atoms with Crippen molar-refractivity contribution in [1.82, 2.24) is 19.4 Å². The summed E-state index contributed by atoms with van der Waals surface area (Å²) in [5.74, 6) is 0. The van der Waals surface area contributed by atoms with E-state index in [4.69, 9.17) is 4.74 Å². The van der Waals surface area contributed by atoms with Crippen LogP contribution in [0.1, 0.15) is 64.1 Å². The fourth-order valence-corrected chi connectivity index (χ4v) is 5.08. The summed E-state index contributed by atoms with van der Waals surface area (Å²) in [7, 11) is 0. The van der Waals surface area contributed by atoms with E-state index in [0.29, 0.717) is 6.10 Å². The lowest BCUT2D eigenvalue weighted by Crippen LogP contribution is -2.53. The number of aryl methyl sites for hydroxylation is 1. The molecule has 1 saturated carbocycles. The van der Waals surface area contributed by atoms with E-state index < -0.39 is 0 Å². The van der Waals surface area contributed by atoms with E-state index in [2.05, 4.69) is 28.7 Å². The van der Waals surface area contributed by atoms with E-state index in [0.717, 1.165) is 49.3 Å². The molecule has 2 aromatic heterocycles. The quantitative estimate of drug-likeness (QED) is 0.893. The maximum Gasteiger partial charge on any atom is 0.326 e. The van der Waals surface area contributed by atoms with Gasteiger partial charge in [-0.15, -0.1) is 0 Å². The number of nitrogens with one attached hydrogen (secondary N) is 1. The van der Waals surface area contributed by atoms with Gasteiger partial charge in [-0.05, 0) is 65.4 Å². The number of likely N-dealkylation sites (tertiary alicyclic amines) is 1. The van der Waals surface area contributed by atoms with Gasteiger partial charge in [0.05, 0.1) is 23.3 Å². The first-order chi connectivity index (χ1) is 13.0. The molecule has 148 valence electrons. The third kappa shape index (κ3) is 3.57. The number of hydrogen-bond acceptors (Lipinski definition) is 4. The molecule has 0 radical (unpaired) electrons. The van der Waals surface area contributed by atoms with Gasteiger partial charge in [0.15, 0.2) is 0 Å². The molecule has 0 unspecified atom stereocenters. The zero-order chi connectivity index (χ0) is 19.0. The summed E-state index contributed by atoms with van der Waals surface area (Å²) in [6, 6.07) is 2.29. The number of aromatic amines is 1. The molecular weight excluding hydrogens is 340 g/mol. The molecule has 1 aliphatic carbocycles. The number of hydrogen-bond donors (Lipinski definition) is 1. The molecule has 6 nitrogen and oxygen atoms in total. The minimum atomic E-state index is -0.000663. The van der Waals surface area contributed by atoms with Crippen LogP contribution in [0.25, 0.3) is 11.0 Å². The lowest BCUT2D eigenvalue weighted by molar-refractivity contribution is -0.0273. The number of aromatic nitrogens is 3. The number of pyridine rings is 1. The van der Waals surface area contributed by atoms with Crippen LogP contribution >= 0.6 is 0 Å². The smallest absolute Gasteiger partial charge is 0.326 e. The van der Waals surface area contributed by atoms with Gasteiger partial charge in [-0.25, -0.2) is 4.79 Å². The molecule has 2 fully saturated rings. The number of ether oxygens (including phenoxy) is 1. The molecule has 6 heteroatoms. The van der Waals surface area contributed by atoms with Crippen LogP contribution in [0.15, 0.2) is 17.1 Å². The van der Waals surface area contributed by atoms with E-state index in [1.165, 1.54) is 25.7 Å². The molecule has 2 aromatic rings. The van der Waals surface area contributed by atoms with Crippen molar-refractivity contribution < 1.29 is 4.74 Å². The van der Waals surface area contributed by atoms with Gasteiger partial charge < -0.3 is 9.72 Å². The Hall–Kier alpha value is -1.66. The lowest BCUT2D eigenvalue weighted by atomic mass is 9.79. The molecule has 0 bridgehead atoms. The predicted molar refractivity (Wildman–Crippen MR) is 107 cm³/mol. The minimum Gasteiger partial charge on any atom is -0.379 e. The minimum absolute atomic E-state index is 0.000663.